The molecule has 2 heterocycles. The molecule has 0 saturated carbocycles. The SMILES string of the molecule is CC1CCCC(C)N1C(=O)c1cc[nH]c1. The molecular formula is C12H18N2O. The summed E-state index contributed by atoms with van der Waals surface area (Å²) in [4.78, 5) is 17.1. The Bertz CT molecular complexity index is 321. The van der Waals surface area contributed by atoms with Gasteiger partial charge < -0.3 is 9.88 Å². The number of nitrogens with one attached hydrogen (secondary N) is 1. The number of likely N-dealkylation sites (tertiary alicyclic amines) is 1. The summed E-state index contributed by atoms with van der Waals surface area (Å²) in [6.07, 6.45) is 7.06. The third-order valence-electron chi connectivity index (χ3n) is 3.27. The number of rotatable bonds is 1. The monoisotopic (exact) mass is 206 g/mol. The molecule has 0 spiro atoms. The van der Waals surface area contributed by atoms with Crippen LogP contribution in [0.25, 0.3) is 0 Å². The summed E-state index contributed by atoms with van der Waals surface area (Å²) in [6.45, 7) is 4.28. The van der Waals surface area contributed by atoms with Gasteiger partial charge in [0.1, 0.15) is 0 Å². The van der Waals surface area contributed by atoms with E-state index in [1.54, 1.807) is 12.4 Å². The predicted octanol–water partition coefficient (Wildman–Crippen LogP) is 2.42. The zero-order valence-electron chi connectivity index (χ0n) is 9.36. The second kappa shape index (κ2) is 4.09. The number of carbonyl (C=O) groups is 1. The zero-order chi connectivity index (χ0) is 10.8. The number of hydrogen-bond acceptors (Lipinski definition) is 1. The summed E-state index contributed by atoms with van der Waals surface area (Å²) in [6, 6.07) is 2.59. The maximum absolute atomic E-state index is 12.2. The number of H-pyrrole nitrogens is 1. The van der Waals surface area contributed by atoms with Crippen molar-refractivity contribution in [3.05, 3.63) is 24.0 Å². The molecule has 3 nitrogen and oxygen atoms in total. The summed E-state index contributed by atoms with van der Waals surface area (Å²) in [5, 5.41) is 0. The first kappa shape index (κ1) is 10.3. The molecule has 1 aromatic rings. The number of piperidine rings is 1. The van der Waals surface area contributed by atoms with E-state index < -0.39 is 0 Å². The smallest absolute Gasteiger partial charge is 0.255 e. The van der Waals surface area contributed by atoms with Crippen LogP contribution >= 0.6 is 0 Å². The van der Waals surface area contributed by atoms with E-state index in [1.807, 2.05) is 11.0 Å². The van der Waals surface area contributed by atoms with E-state index in [-0.39, 0.29) is 5.91 Å². The van der Waals surface area contributed by atoms with Crippen molar-refractivity contribution in [3.8, 4) is 0 Å². The first-order valence-corrected chi connectivity index (χ1v) is 5.65. The molecule has 0 radical (unpaired) electrons. The molecule has 1 aromatic heterocycles. The molecule has 2 unspecified atom stereocenters. The Morgan fingerprint density at radius 3 is 2.60 bits per heavy atom. The lowest BCUT2D eigenvalue weighted by Crippen LogP contribution is -2.47. The van der Waals surface area contributed by atoms with Gasteiger partial charge in [0, 0.05) is 24.5 Å². The van der Waals surface area contributed by atoms with Gasteiger partial charge in [-0.2, -0.15) is 0 Å². The summed E-state index contributed by atoms with van der Waals surface area (Å²) < 4.78 is 0. The van der Waals surface area contributed by atoms with Gasteiger partial charge in [-0.25, -0.2) is 0 Å². The number of amides is 1. The van der Waals surface area contributed by atoms with Gasteiger partial charge >= 0.3 is 0 Å². The highest BCUT2D eigenvalue weighted by Gasteiger charge is 2.29. The Hall–Kier alpha value is -1.25. The van der Waals surface area contributed by atoms with Crippen molar-refractivity contribution in [1.29, 1.82) is 0 Å². The van der Waals surface area contributed by atoms with Crippen molar-refractivity contribution >= 4 is 5.91 Å². The molecule has 1 aliphatic rings. The molecule has 2 rings (SSSR count). The molecule has 0 aromatic carbocycles. The predicted molar refractivity (Wildman–Crippen MR) is 59.7 cm³/mol. The van der Waals surface area contributed by atoms with E-state index >= 15 is 0 Å². The average Bonchev–Trinajstić information content (AvgIpc) is 2.69. The summed E-state index contributed by atoms with van der Waals surface area (Å²) >= 11 is 0. The van der Waals surface area contributed by atoms with E-state index in [9.17, 15) is 4.79 Å². The maximum atomic E-state index is 12.2. The number of carbonyl (C=O) groups excluding carboxylic acids is 1. The van der Waals surface area contributed by atoms with Crippen LogP contribution in [0.4, 0.5) is 0 Å². The molecule has 3 heteroatoms. The number of aromatic amines is 1. The lowest BCUT2D eigenvalue weighted by Gasteiger charge is -2.38. The van der Waals surface area contributed by atoms with Crippen molar-refractivity contribution < 1.29 is 4.79 Å². The normalized spacial score (nSPS) is 26.7. The third kappa shape index (κ3) is 1.91. The molecule has 15 heavy (non-hydrogen) atoms. The van der Waals surface area contributed by atoms with Crippen LogP contribution in [0.1, 0.15) is 43.5 Å². The molecular weight excluding hydrogens is 188 g/mol. The maximum Gasteiger partial charge on any atom is 0.255 e. The minimum atomic E-state index is 0.163. The highest BCUT2D eigenvalue weighted by Crippen LogP contribution is 2.24. The van der Waals surface area contributed by atoms with Crippen molar-refractivity contribution in [1.82, 2.24) is 9.88 Å². The van der Waals surface area contributed by atoms with E-state index in [1.165, 1.54) is 6.42 Å². The fraction of sp³-hybridized carbons (Fsp3) is 0.583. The van der Waals surface area contributed by atoms with Gasteiger partial charge in [0.15, 0.2) is 0 Å². The Kier molecular flexibility index (Phi) is 2.80. The van der Waals surface area contributed by atoms with Crippen LogP contribution in [0, 0.1) is 0 Å². The molecule has 1 amide bonds. The quantitative estimate of drug-likeness (QED) is 0.752. The molecule has 1 N–H and O–H groups in total. The van der Waals surface area contributed by atoms with Crippen LogP contribution in [0.15, 0.2) is 18.5 Å². The Balaban J connectivity index is 2.17. The number of hydrogen-bond donors (Lipinski definition) is 1. The van der Waals surface area contributed by atoms with Gasteiger partial charge in [0.2, 0.25) is 0 Å². The van der Waals surface area contributed by atoms with Gasteiger partial charge in [-0.15, -0.1) is 0 Å². The number of nitrogens with zero attached hydrogens (tertiary/aromatic N) is 1. The van der Waals surface area contributed by atoms with Gasteiger partial charge in [0.25, 0.3) is 5.91 Å². The minimum absolute atomic E-state index is 0.163. The summed E-state index contributed by atoms with van der Waals surface area (Å²) in [7, 11) is 0. The van der Waals surface area contributed by atoms with Crippen LogP contribution in [0.5, 0.6) is 0 Å². The molecule has 1 aliphatic heterocycles. The second-order valence-electron chi connectivity index (χ2n) is 4.44. The van der Waals surface area contributed by atoms with Gasteiger partial charge in [-0.3, -0.25) is 4.79 Å². The second-order valence-corrected chi connectivity index (χ2v) is 4.44. The summed E-state index contributed by atoms with van der Waals surface area (Å²) in [5.74, 6) is 0.163. The Labute approximate surface area is 90.5 Å². The van der Waals surface area contributed by atoms with Crippen LogP contribution in [-0.2, 0) is 0 Å². The van der Waals surface area contributed by atoms with Gasteiger partial charge in [-0.1, -0.05) is 0 Å². The van der Waals surface area contributed by atoms with E-state index in [0.29, 0.717) is 12.1 Å². The average molecular weight is 206 g/mol. The highest BCUT2D eigenvalue weighted by atomic mass is 16.2. The lowest BCUT2D eigenvalue weighted by molar-refractivity contribution is 0.0511. The first-order valence-electron chi connectivity index (χ1n) is 5.65. The van der Waals surface area contributed by atoms with Gasteiger partial charge in [-0.05, 0) is 39.2 Å². The third-order valence-corrected chi connectivity index (χ3v) is 3.27. The number of aromatic nitrogens is 1. The van der Waals surface area contributed by atoms with Crippen molar-refractivity contribution in [2.24, 2.45) is 0 Å². The lowest BCUT2D eigenvalue weighted by atomic mass is 9.97. The molecule has 82 valence electrons. The zero-order valence-corrected chi connectivity index (χ0v) is 9.36. The fourth-order valence-corrected chi connectivity index (χ4v) is 2.43. The molecule has 2 atom stereocenters. The van der Waals surface area contributed by atoms with Crippen molar-refractivity contribution in [3.63, 3.8) is 0 Å². The topological polar surface area (TPSA) is 36.1 Å². The largest absolute Gasteiger partial charge is 0.367 e. The molecule has 0 aliphatic carbocycles. The molecule has 1 fully saturated rings. The van der Waals surface area contributed by atoms with Crippen LogP contribution in [-0.4, -0.2) is 27.9 Å². The minimum Gasteiger partial charge on any atom is -0.367 e. The molecule has 0 bridgehead atoms. The van der Waals surface area contributed by atoms with E-state index in [4.69, 9.17) is 0 Å². The van der Waals surface area contributed by atoms with Gasteiger partial charge in [0.05, 0.1) is 5.56 Å². The standard InChI is InChI=1S/C12H18N2O/c1-9-4-3-5-10(2)14(9)12(15)11-6-7-13-8-11/h6-10,13H,3-5H2,1-2H3. The van der Waals surface area contributed by atoms with E-state index in [2.05, 4.69) is 18.8 Å². The first-order chi connectivity index (χ1) is 7.20. The Morgan fingerprint density at radius 1 is 1.40 bits per heavy atom. The van der Waals surface area contributed by atoms with E-state index in [0.717, 1.165) is 18.4 Å². The van der Waals surface area contributed by atoms with Crippen molar-refractivity contribution in [2.45, 2.75) is 45.2 Å². The summed E-state index contributed by atoms with van der Waals surface area (Å²) in [5.41, 5.74) is 0.774. The van der Waals surface area contributed by atoms with Crippen molar-refractivity contribution in [2.75, 3.05) is 0 Å². The Morgan fingerprint density at radius 2 is 2.07 bits per heavy atom. The fourth-order valence-electron chi connectivity index (χ4n) is 2.43. The van der Waals surface area contributed by atoms with Crippen LogP contribution in [0.3, 0.4) is 0 Å². The molecule has 1 saturated heterocycles. The highest BCUT2D eigenvalue weighted by molar-refractivity contribution is 5.94. The van der Waals surface area contributed by atoms with Crippen LogP contribution in [0.2, 0.25) is 0 Å². The van der Waals surface area contributed by atoms with Crippen LogP contribution < -0.4 is 0 Å².